The highest BCUT2D eigenvalue weighted by Crippen LogP contribution is 2.27. The second kappa shape index (κ2) is 3.92. The lowest BCUT2D eigenvalue weighted by molar-refractivity contribution is 1.03. The van der Waals surface area contributed by atoms with Crippen molar-refractivity contribution in [3.63, 3.8) is 0 Å². The zero-order valence-electron chi connectivity index (χ0n) is 6.26. The van der Waals surface area contributed by atoms with Crippen LogP contribution >= 0.6 is 27.7 Å². The molecule has 0 saturated heterocycles. The standard InChI is InChI=1S/C6H8BrN3S/c1-8-5-4(7)6(11-2)10-3-9-5/h3H,1-2H3,(H,8,9,10). The van der Waals surface area contributed by atoms with Crippen molar-refractivity contribution in [3.8, 4) is 0 Å². The molecule has 0 fully saturated rings. The van der Waals surface area contributed by atoms with E-state index in [1.807, 2.05) is 13.3 Å². The summed E-state index contributed by atoms with van der Waals surface area (Å²) in [4.78, 5) is 8.09. The lowest BCUT2D eigenvalue weighted by atomic mass is 10.6. The average Bonchev–Trinajstić information content (AvgIpc) is 2.05. The van der Waals surface area contributed by atoms with Crippen molar-refractivity contribution in [2.24, 2.45) is 0 Å². The zero-order valence-corrected chi connectivity index (χ0v) is 8.66. The maximum Gasteiger partial charge on any atom is 0.144 e. The summed E-state index contributed by atoms with van der Waals surface area (Å²) >= 11 is 4.98. The second-order valence-corrected chi connectivity index (χ2v) is 3.38. The summed E-state index contributed by atoms with van der Waals surface area (Å²) in [5.41, 5.74) is 0. The van der Waals surface area contributed by atoms with Crippen LogP contribution in [-0.2, 0) is 0 Å². The first-order valence-electron chi connectivity index (χ1n) is 3.01. The molecule has 0 aliphatic carbocycles. The van der Waals surface area contributed by atoms with Crippen molar-refractivity contribution in [1.29, 1.82) is 0 Å². The van der Waals surface area contributed by atoms with Crippen LogP contribution in [0, 0.1) is 0 Å². The number of halogens is 1. The van der Waals surface area contributed by atoms with E-state index in [4.69, 9.17) is 0 Å². The molecule has 0 aliphatic heterocycles. The molecule has 0 bridgehead atoms. The fraction of sp³-hybridized carbons (Fsp3) is 0.333. The predicted octanol–water partition coefficient (Wildman–Crippen LogP) is 2.00. The summed E-state index contributed by atoms with van der Waals surface area (Å²) in [7, 11) is 1.83. The molecule has 0 aromatic carbocycles. The quantitative estimate of drug-likeness (QED) is 0.627. The number of hydrogen-bond acceptors (Lipinski definition) is 4. The molecule has 0 atom stereocenters. The van der Waals surface area contributed by atoms with Crippen molar-refractivity contribution in [2.75, 3.05) is 18.6 Å². The summed E-state index contributed by atoms with van der Waals surface area (Å²) < 4.78 is 0.926. The van der Waals surface area contributed by atoms with Crippen LogP contribution in [0.15, 0.2) is 15.8 Å². The first-order valence-corrected chi connectivity index (χ1v) is 5.03. The fourth-order valence-electron chi connectivity index (χ4n) is 0.670. The normalized spacial score (nSPS) is 9.73. The Morgan fingerprint density at radius 1 is 1.55 bits per heavy atom. The molecule has 0 unspecified atom stereocenters. The molecule has 3 nitrogen and oxygen atoms in total. The van der Waals surface area contributed by atoms with E-state index in [-0.39, 0.29) is 0 Å². The second-order valence-electron chi connectivity index (χ2n) is 1.80. The Morgan fingerprint density at radius 2 is 2.27 bits per heavy atom. The number of nitrogens with one attached hydrogen (secondary N) is 1. The van der Waals surface area contributed by atoms with Crippen LogP contribution in [0.3, 0.4) is 0 Å². The molecule has 60 valence electrons. The van der Waals surface area contributed by atoms with E-state index < -0.39 is 0 Å². The fourth-order valence-corrected chi connectivity index (χ4v) is 1.99. The van der Waals surface area contributed by atoms with Crippen molar-refractivity contribution in [3.05, 3.63) is 10.8 Å². The van der Waals surface area contributed by atoms with Gasteiger partial charge >= 0.3 is 0 Å². The smallest absolute Gasteiger partial charge is 0.144 e. The highest BCUT2D eigenvalue weighted by molar-refractivity contribution is 9.10. The molecule has 0 aliphatic rings. The summed E-state index contributed by atoms with van der Waals surface area (Å²) in [5, 5.41) is 3.91. The third-order valence-electron chi connectivity index (χ3n) is 1.19. The van der Waals surface area contributed by atoms with Gasteiger partial charge in [0.2, 0.25) is 0 Å². The Labute approximate surface area is 78.1 Å². The summed E-state index contributed by atoms with van der Waals surface area (Å²) in [6, 6.07) is 0. The van der Waals surface area contributed by atoms with Gasteiger partial charge in [0.15, 0.2) is 0 Å². The third-order valence-corrected chi connectivity index (χ3v) is 2.90. The lowest BCUT2D eigenvalue weighted by Gasteiger charge is -2.03. The first kappa shape index (κ1) is 8.80. The number of anilines is 1. The van der Waals surface area contributed by atoms with Crippen molar-refractivity contribution in [1.82, 2.24) is 9.97 Å². The van der Waals surface area contributed by atoms with Crippen LogP contribution in [0.4, 0.5) is 5.82 Å². The minimum absolute atomic E-state index is 0.823. The van der Waals surface area contributed by atoms with E-state index in [1.165, 1.54) is 0 Å². The largest absolute Gasteiger partial charge is 0.372 e. The van der Waals surface area contributed by atoms with Gasteiger partial charge in [-0.1, -0.05) is 0 Å². The lowest BCUT2D eigenvalue weighted by Crippen LogP contribution is -1.95. The van der Waals surface area contributed by atoms with E-state index >= 15 is 0 Å². The highest BCUT2D eigenvalue weighted by atomic mass is 79.9. The SMILES string of the molecule is CNc1ncnc(SC)c1Br. The minimum atomic E-state index is 0.823. The van der Waals surface area contributed by atoms with Crippen molar-refractivity contribution < 1.29 is 0 Å². The van der Waals surface area contributed by atoms with E-state index in [9.17, 15) is 0 Å². The molecular weight excluding hydrogens is 226 g/mol. The van der Waals surface area contributed by atoms with E-state index in [1.54, 1.807) is 18.1 Å². The molecule has 1 rings (SSSR count). The molecule has 1 aromatic rings. The van der Waals surface area contributed by atoms with Crippen LogP contribution in [0.25, 0.3) is 0 Å². The number of nitrogens with zero attached hydrogens (tertiary/aromatic N) is 2. The molecule has 0 spiro atoms. The summed E-state index contributed by atoms with van der Waals surface area (Å²) in [6.07, 6.45) is 3.52. The van der Waals surface area contributed by atoms with Crippen LogP contribution < -0.4 is 5.32 Å². The molecule has 0 amide bonds. The highest BCUT2D eigenvalue weighted by Gasteiger charge is 2.04. The van der Waals surface area contributed by atoms with Crippen LogP contribution in [-0.4, -0.2) is 23.3 Å². The molecule has 1 N–H and O–H groups in total. The first-order chi connectivity index (χ1) is 5.29. The minimum Gasteiger partial charge on any atom is -0.372 e. The number of thioether (sulfide) groups is 1. The Morgan fingerprint density at radius 3 is 2.82 bits per heavy atom. The van der Waals surface area contributed by atoms with Gasteiger partial charge in [0, 0.05) is 7.05 Å². The van der Waals surface area contributed by atoms with Gasteiger partial charge in [-0.05, 0) is 22.2 Å². The Hall–Kier alpha value is -0.290. The van der Waals surface area contributed by atoms with Gasteiger partial charge in [-0.3, -0.25) is 0 Å². The Bertz CT molecular complexity index is 231. The van der Waals surface area contributed by atoms with Gasteiger partial charge in [-0.2, -0.15) is 0 Å². The van der Waals surface area contributed by atoms with Gasteiger partial charge < -0.3 is 5.32 Å². The molecule has 1 aromatic heterocycles. The molecule has 0 radical (unpaired) electrons. The zero-order chi connectivity index (χ0) is 8.27. The maximum atomic E-state index is 4.07. The van der Waals surface area contributed by atoms with Crippen molar-refractivity contribution >= 4 is 33.5 Å². The number of aromatic nitrogens is 2. The van der Waals surface area contributed by atoms with Gasteiger partial charge in [-0.25, -0.2) is 9.97 Å². The van der Waals surface area contributed by atoms with Gasteiger partial charge in [0.1, 0.15) is 17.2 Å². The maximum absolute atomic E-state index is 4.07. The van der Waals surface area contributed by atoms with Crippen LogP contribution in [0.5, 0.6) is 0 Å². The third kappa shape index (κ3) is 1.84. The number of hydrogen-bond donors (Lipinski definition) is 1. The van der Waals surface area contributed by atoms with E-state index in [2.05, 4.69) is 31.2 Å². The molecule has 1 heterocycles. The van der Waals surface area contributed by atoms with Crippen molar-refractivity contribution in [2.45, 2.75) is 5.03 Å². The topological polar surface area (TPSA) is 37.8 Å². The van der Waals surface area contributed by atoms with Gasteiger partial charge in [0.25, 0.3) is 0 Å². The number of rotatable bonds is 2. The van der Waals surface area contributed by atoms with Gasteiger partial charge in [-0.15, -0.1) is 11.8 Å². The summed E-state index contributed by atoms with van der Waals surface area (Å²) in [6.45, 7) is 0. The van der Waals surface area contributed by atoms with Gasteiger partial charge in [0.05, 0.1) is 4.47 Å². The molecule has 11 heavy (non-hydrogen) atoms. The Kier molecular flexibility index (Phi) is 3.14. The van der Waals surface area contributed by atoms with E-state index in [0.717, 1.165) is 15.3 Å². The predicted molar refractivity (Wildman–Crippen MR) is 51.1 cm³/mol. The molecular formula is C6H8BrN3S. The van der Waals surface area contributed by atoms with Crippen LogP contribution in [0.1, 0.15) is 0 Å². The average molecular weight is 234 g/mol. The molecule has 5 heteroatoms. The van der Waals surface area contributed by atoms with E-state index in [0.29, 0.717) is 0 Å². The molecule has 0 saturated carbocycles. The Balaban J connectivity index is 3.10. The van der Waals surface area contributed by atoms with Crippen LogP contribution in [0.2, 0.25) is 0 Å². The summed E-state index contributed by atoms with van der Waals surface area (Å²) in [5.74, 6) is 0.823. The monoisotopic (exact) mass is 233 g/mol.